The molecule has 0 bridgehead atoms. The Bertz CT molecular complexity index is 553. The number of para-hydroxylation sites is 1. The van der Waals surface area contributed by atoms with Crippen molar-refractivity contribution < 1.29 is 24.6 Å². The molecule has 138 valence electrons. The van der Waals surface area contributed by atoms with Gasteiger partial charge in [-0.2, -0.15) is 0 Å². The van der Waals surface area contributed by atoms with Crippen LogP contribution in [-0.2, 0) is 14.4 Å². The lowest BCUT2D eigenvalue weighted by atomic mass is 10.3. The molecule has 1 aromatic rings. The molecule has 0 saturated heterocycles. The van der Waals surface area contributed by atoms with Crippen LogP contribution >= 0.6 is 0 Å². The van der Waals surface area contributed by atoms with Crippen molar-refractivity contribution in [2.75, 3.05) is 51.1 Å². The Morgan fingerprint density at radius 2 is 1.56 bits per heavy atom. The monoisotopic (exact) mass is 352 g/mol. The SMILES string of the molecule is O=C(O)CNCCNCCN(CC(=O)O)CC(=O)Nc1ccccc1. The average molecular weight is 352 g/mol. The highest BCUT2D eigenvalue weighted by molar-refractivity contribution is 5.92. The zero-order valence-corrected chi connectivity index (χ0v) is 13.9. The first-order valence-electron chi connectivity index (χ1n) is 7.89. The summed E-state index contributed by atoms with van der Waals surface area (Å²) in [6, 6.07) is 8.94. The molecule has 1 amide bonds. The predicted octanol–water partition coefficient (Wildman–Crippen LogP) is -0.724. The number of aliphatic carboxylic acids is 2. The van der Waals surface area contributed by atoms with Crippen LogP contribution in [0.2, 0.25) is 0 Å². The van der Waals surface area contributed by atoms with Gasteiger partial charge in [-0.3, -0.25) is 19.3 Å². The number of carboxylic acids is 2. The van der Waals surface area contributed by atoms with Gasteiger partial charge < -0.3 is 26.2 Å². The summed E-state index contributed by atoms with van der Waals surface area (Å²) < 4.78 is 0. The van der Waals surface area contributed by atoms with Crippen LogP contribution in [0, 0.1) is 0 Å². The van der Waals surface area contributed by atoms with E-state index in [0.717, 1.165) is 0 Å². The highest BCUT2D eigenvalue weighted by atomic mass is 16.4. The summed E-state index contributed by atoms with van der Waals surface area (Å²) >= 11 is 0. The van der Waals surface area contributed by atoms with Gasteiger partial charge in [0.05, 0.1) is 19.6 Å². The van der Waals surface area contributed by atoms with Gasteiger partial charge in [0.1, 0.15) is 0 Å². The molecule has 0 aliphatic rings. The lowest BCUT2D eigenvalue weighted by Gasteiger charge is -2.20. The Morgan fingerprint density at radius 1 is 0.880 bits per heavy atom. The smallest absolute Gasteiger partial charge is 0.317 e. The van der Waals surface area contributed by atoms with Crippen LogP contribution in [0.5, 0.6) is 0 Å². The number of carbonyl (C=O) groups is 3. The maximum atomic E-state index is 12.0. The molecule has 5 N–H and O–H groups in total. The van der Waals surface area contributed by atoms with Crippen LogP contribution in [0.15, 0.2) is 30.3 Å². The summed E-state index contributed by atoms with van der Waals surface area (Å²) in [7, 11) is 0. The molecule has 0 saturated carbocycles. The number of anilines is 1. The summed E-state index contributed by atoms with van der Waals surface area (Å²) in [5, 5.41) is 25.9. The van der Waals surface area contributed by atoms with Gasteiger partial charge in [-0.05, 0) is 12.1 Å². The van der Waals surface area contributed by atoms with E-state index in [-0.39, 0.29) is 25.5 Å². The van der Waals surface area contributed by atoms with E-state index < -0.39 is 11.9 Å². The van der Waals surface area contributed by atoms with Crippen molar-refractivity contribution in [3.63, 3.8) is 0 Å². The largest absolute Gasteiger partial charge is 0.480 e. The van der Waals surface area contributed by atoms with Gasteiger partial charge in [-0.25, -0.2) is 0 Å². The highest BCUT2D eigenvalue weighted by Crippen LogP contribution is 2.04. The summed E-state index contributed by atoms with van der Waals surface area (Å²) in [5.74, 6) is -2.21. The minimum absolute atomic E-state index is 0.0276. The minimum Gasteiger partial charge on any atom is -0.480 e. The lowest BCUT2D eigenvalue weighted by molar-refractivity contribution is -0.138. The number of nitrogens with zero attached hydrogens (tertiary/aromatic N) is 1. The summed E-state index contributed by atoms with van der Waals surface area (Å²) in [5.41, 5.74) is 0.658. The Labute approximate surface area is 146 Å². The molecule has 0 aromatic heterocycles. The first-order chi connectivity index (χ1) is 12.0. The summed E-state index contributed by atoms with van der Waals surface area (Å²) in [6.07, 6.45) is 0. The molecular weight excluding hydrogens is 328 g/mol. The molecule has 9 heteroatoms. The topological polar surface area (TPSA) is 131 Å². The Balaban J connectivity index is 2.29. The third-order valence-electron chi connectivity index (χ3n) is 3.14. The van der Waals surface area contributed by atoms with Gasteiger partial charge in [-0.15, -0.1) is 0 Å². The standard InChI is InChI=1S/C16H24N4O5/c21-14(19-13-4-2-1-3-5-13)11-20(12-16(24)25)9-8-17-6-7-18-10-15(22)23/h1-5,17-18H,6-12H2,(H,19,21)(H,22,23)(H,24,25). The zero-order chi connectivity index (χ0) is 18.5. The molecule has 0 spiro atoms. The minimum atomic E-state index is -1.00. The number of nitrogens with one attached hydrogen (secondary N) is 3. The molecule has 0 radical (unpaired) electrons. The highest BCUT2D eigenvalue weighted by Gasteiger charge is 2.13. The van der Waals surface area contributed by atoms with Crippen molar-refractivity contribution in [3.05, 3.63) is 30.3 Å². The first-order valence-corrected chi connectivity index (χ1v) is 7.89. The number of benzene rings is 1. The van der Waals surface area contributed by atoms with E-state index in [9.17, 15) is 14.4 Å². The van der Waals surface area contributed by atoms with Gasteiger partial charge in [0, 0.05) is 31.9 Å². The van der Waals surface area contributed by atoms with Gasteiger partial charge in [0.2, 0.25) is 5.91 Å². The van der Waals surface area contributed by atoms with Crippen LogP contribution in [0.25, 0.3) is 0 Å². The molecule has 0 unspecified atom stereocenters. The number of amides is 1. The quantitative estimate of drug-likeness (QED) is 0.294. The first kappa shape index (κ1) is 20.6. The predicted molar refractivity (Wildman–Crippen MR) is 92.5 cm³/mol. The van der Waals surface area contributed by atoms with Crippen molar-refractivity contribution in [3.8, 4) is 0 Å². The van der Waals surface area contributed by atoms with Crippen molar-refractivity contribution >= 4 is 23.5 Å². The van der Waals surface area contributed by atoms with Crippen LogP contribution in [-0.4, -0.2) is 78.8 Å². The van der Waals surface area contributed by atoms with Gasteiger partial charge in [-0.1, -0.05) is 18.2 Å². The fraction of sp³-hybridized carbons (Fsp3) is 0.438. The van der Waals surface area contributed by atoms with E-state index >= 15 is 0 Å². The van der Waals surface area contributed by atoms with Crippen molar-refractivity contribution in [2.45, 2.75) is 0 Å². The second kappa shape index (κ2) is 12.0. The second-order valence-corrected chi connectivity index (χ2v) is 5.34. The average Bonchev–Trinajstić information content (AvgIpc) is 2.53. The van der Waals surface area contributed by atoms with Crippen molar-refractivity contribution in [1.29, 1.82) is 0 Å². The molecule has 0 fully saturated rings. The lowest BCUT2D eigenvalue weighted by Crippen LogP contribution is -2.41. The molecule has 0 aliphatic carbocycles. The van der Waals surface area contributed by atoms with E-state index in [2.05, 4.69) is 16.0 Å². The molecular formula is C16H24N4O5. The number of carbonyl (C=O) groups excluding carboxylic acids is 1. The second-order valence-electron chi connectivity index (χ2n) is 5.34. The molecule has 1 rings (SSSR count). The normalized spacial score (nSPS) is 10.6. The summed E-state index contributed by atoms with van der Waals surface area (Å²) in [4.78, 5) is 34.8. The molecule has 0 heterocycles. The fourth-order valence-electron chi connectivity index (χ4n) is 2.06. The van der Waals surface area contributed by atoms with Crippen LogP contribution in [0.4, 0.5) is 5.69 Å². The van der Waals surface area contributed by atoms with Gasteiger partial charge >= 0.3 is 11.9 Å². The van der Waals surface area contributed by atoms with E-state index in [1.807, 2.05) is 6.07 Å². The maximum Gasteiger partial charge on any atom is 0.317 e. The molecule has 9 nitrogen and oxygen atoms in total. The van der Waals surface area contributed by atoms with Crippen LogP contribution in [0.1, 0.15) is 0 Å². The number of carboxylic acid groups (broad SMARTS) is 2. The zero-order valence-electron chi connectivity index (χ0n) is 13.9. The Morgan fingerprint density at radius 3 is 2.20 bits per heavy atom. The Kier molecular flexibility index (Phi) is 9.83. The van der Waals surface area contributed by atoms with Crippen molar-refractivity contribution in [1.82, 2.24) is 15.5 Å². The van der Waals surface area contributed by atoms with Gasteiger partial charge in [0.25, 0.3) is 0 Å². The van der Waals surface area contributed by atoms with Crippen LogP contribution < -0.4 is 16.0 Å². The summed E-state index contributed by atoms with van der Waals surface area (Å²) in [6.45, 7) is 1.53. The number of hydrogen-bond acceptors (Lipinski definition) is 6. The molecule has 0 aliphatic heterocycles. The third kappa shape index (κ3) is 10.8. The van der Waals surface area contributed by atoms with Gasteiger partial charge in [0.15, 0.2) is 0 Å². The van der Waals surface area contributed by atoms with E-state index in [1.54, 1.807) is 24.3 Å². The van der Waals surface area contributed by atoms with E-state index in [1.165, 1.54) is 4.90 Å². The maximum absolute atomic E-state index is 12.0. The molecule has 1 aromatic carbocycles. The Hall–Kier alpha value is -2.49. The fourth-order valence-corrected chi connectivity index (χ4v) is 2.06. The third-order valence-corrected chi connectivity index (χ3v) is 3.14. The number of hydrogen-bond donors (Lipinski definition) is 5. The molecule has 25 heavy (non-hydrogen) atoms. The van der Waals surface area contributed by atoms with E-state index in [4.69, 9.17) is 10.2 Å². The number of rotatable bonds is 13. The molecule has 0 atom stereocenters. The van der Waals surface area contributed by atoms with Crippen LogP contribution in [0.3, 0.4) is 0 Å². The van der Waals surface area contributed by atoms with E-state index in [0.29, 0.717) is 31.9 Å². The van der Waals surface area contributed by atoms with Crippen molar-refractivity contribution in [2.24, 2.45) is 0 Å².